The lowest BCUT2D eigenvalue weighted by Crippen LogP contribution is -2.04. The highest BCUT2D eigenvalue weighted by atomic mass is 35.5. The Labute approximate surface area is 83.3 Å². The van der Waals surface area contributed by atoms with Crippen LogP contribution in [0, 0.1) is 5.82 Å². The molecule has 6 heteroatoms. The zero-order valence-corrected chi connectivity index (χ0v) is 7.73. The average molecular weight is 226 g/mol. The van der Waals surface area contributed by atoms with Gasteiger partial charge in [0.25, 0.3) is 6.43 Å². The third kappa shape index (κ3) is 2.16. The van der Waals surface area contributed by atoms with Gasteiger partial charge in [-0.15, -0.1) is 11.6 Å². The molecule has 1 aromatic heterocycles. The molecule has 0 spiro atoms. The molecule has 0 aromatic carbocycles. The van der Waals surface area contributed by atoms with Gasteiger partial charge in [-0.1, -0.05) is 0 Å². The molecule has 0 aliphatic carbocycles. The summed E-state index contributed by atoms with van der Waals surface area (Å²) in [6, 6.07) is 0.627. The predicted octanol–water partition coefficient (Wildman–Crippen LogP) is 2.39. The molecule has 0 fully saturated rings. The van der Waals surface area contributed by atoms with Gasteiger partial charge < -0.3 is 5.11 Å². The number of aliphatic hydroxyl groups is 1. The molecular weight excluding hydrogens is 219 g/mol. The topological polar surface area (TPSA) is 33.1 Å². The number of alkyl halides is 3. The van der Waals surface area contributed by atoms with Gasteiger partial charge in [0.2, 0.25) is 0 Å². The number of nitrogens with zero attached hydrogens (tertiary/aromatic N) is 1. The summed E-state index contributed by atoms with van der Waals surface area (Å²) in [4.78, 5) is 3.40. The van der Waals surface area contributed by atoms with Crippen molar-refractivity contribution < 1.29 is 18.3 Å². The molecule has 78 valence electrons. The van der Waals surface area contributed by atoms with Crippen LogP contribution in [0.25, 0.3) is 0 Å². The van der Waals surface area contributed by atoms with Crippen LogP contribution in [0.1, 0.15) is 23.4 Å². The highest BCUT2D eigenvalue weighted by Crippen LogP contribution is 2.22. The van der Waals surface area contributed by atoms with Crippen LogP contribution in [0.3, 0.4) is 0 Å². The maximum absolute atomic E-state index is 13.1. The van der Waals surface area contributed by atoms with E-state index in [0.717, 1.165) is 0 Å². The Bertz CT molecular complexity index is 333. The summed E-state index contributed by atoms with van der Waals surface area (Å²) in [5.74, 6) is -1.08. The lowest BCUT2D eigenvalue weighted by atomic mass is 10.2. The summed E-state index contributed by atoms with van der Waals surface area (Å²) in [7, 11) is 0. The minimum absolute atomic E-state index is 0.0430. The number of hydrogen-bond donors (Lipinski definition) is 1. The van der Waals surface area contributed by atoms with Crippen molar-refractivity contribution in [2.24, 2.45) is 0 Å². The third-order valence-corrected chi connectivity index (χ3v) is 1.95. The van der Waals surface area contributed by atoms with Crippen molar-refractivity contribution in [3.8, 4) is 0 Å². The molecule has 0 atom stereocenters. The maximum atomic E-state index is 13.1. The summed E-state index contributed by atoms with van der Waals surface area (Å²) in [6.45, 7) is -0.612. The average Bonchev–Trinajstić information content (AvgIpc) is 2.16. The van der Waals surface area contributed by atoms with Crippen molar-refractivity contribution >= 4 is 11.6 Å². The zero-order chi connectivity index (χ0) is 10.7. The molecule has 0 aliphatic rings. The number of hydrogen-bond acceptors (Lipinski definition) is 2. The fraction of sp³-hybridized carbons (Fsp3) is 0.375. The van der Waals surface area contributed by atoms with Crippen molar-refractivity contribution in [3.05, 3.63) is 28.8 Å². The smallest absolute Gasteiger partial charge is 0.280 e. The van der Waals surface area contributed by atoms with Gasteiger partial charge in [-0.05, 0) is 0 Å². The van der Waals surface area contributed by atoms with E-state index < -0.39 is 24.5 Å². The van der Waals surface area contributed by atoms with E-state index in [1.54, 1.807) is 0 Å². The van der Waals surface area contributed by atoms with Crippen LogP contribution in [-0.2, 0) is 12.5 Å². The number of halogens is 4. The van der Waals surface area contributed by atoms with E-state index in [2.05, 4.69) is 4.98 Å². The van der Waals surface area contributed by atoms with Crippen molar-refractivity contribution in [2.45, 2.75) is 18.9 Å². The SMILES string of the molecule is OCc1nc(C(F)F)cc(F)c1CCl. The van der Waals surface area contributed by atoms with Crippen LogP contribution in [0.2, 0.25) is 0 Å². The molecule has 0 saturated heterocycles. The summed E-state index contributed by atoms with van der Waals surface area (Å²) in [5, 5.41) is 8.75. The molecule has 1 rings (SSSR count). The molecule has 14 heavy (non-hydrogen) atoms. The highest BCUT2D eigenvalue weighted by Gasteiger charge is 2.16. The molecule has 2 nitrogen and oxygen atoms in total. The van der Waals surface area contributed by atoms with Crippen molar-refractivity contribution in [1.82, 2.24) is 4.98 Å². The van der Waals surface area contributed by atoms with Gasteiger partial charge in [-0.25, -0.2) is 18.2 Å². The second-order valence-corrected chi connectivity index (χ2v) is 2.81. The van der Waals surface area contributed by atoms with Gasteiger partial charge in [0.05, 0.1) is 18.2 Å². The molecule has 0 amide bonds. The van der Waals surface area contributed by atoms with E-state index in [0.29, 0.717) is 6.07 Å². The lowest BCUT2D eigenvalue weighted by molar-refractivity contribution is 0.144. The van der Waals surface area contributed by atoms with Crippen LogP contribution in [0.5, 0.6) is 0 Å². The second-order valence-electron chi connectivity index (χ2n) is 2.55. The third-order valence-electron chi connectivity index (χ3n) is 1.68. The van der Waals surface area contributed by atoms with Gasteiger partial charge in [-0.3, -0.25) is 0 Å². The predicted molar refractivity (Wildman–Crippen MR) is 44.6 cm³/mol. The van der Waals surface area contributed by atoms with Crippen LogP contribution in [0.15, 0.2) is 6.07 Å². The summed E-state index contributed by atoms with van der Waals surface area (Å²) >= 11 is 5.37. The normalized spacial score (nSPS) is 11.0. The first-order chi connectivity index (χ1) is 6.60. The van der Waals surface area contributed by atoms with Crippen LogP contribution < -0.4 is 0 Å². The monoisotopic (exact) mass is 225 g/mol. The number of pyridine rings is 1. The van der Waals surface area contributed by atoms with E-state index in [1.807, 2.05) is 0 Å². The Balaban J connectivity index is 3.24. The Morgan fingerprint density at radius 2 is 2.14 bits per heavy atom. The van der Waals surface area contributed by atoms with Crippen molar-refractivity contribution in [3.63, 3.8) is 0 Å². The zero-order valence-electron chi connectivity index (χ0n) is 6.98. The van der Waals surface area contributed by atoms with E-state index in [9.17, 15) is 13.2 Å². The van der Waals surface area contributed by atoms with Gasteiger partial charge in [-0.2, -0.15) is 0 Å². The number of aliphatic hydroxyl groups excluding tert-OH is 1. The Morgan fingerprint density at radius 3 is 2.57 bits per heavy atom. The first kappa shape index (κ1) is 11.3. The van der Waals surface area contributed by atoms with E-state index >= 15 is 0 Å². The minimum Gasteiger partial charge on any atom is -0.390 e. The van der Waals surface area contributed by atoms with Gasteiger partial charge >= 0.3 is 0 Å². The standard InChI is InChI=1S/C8H7ClF3NO/c9-2-4-5(10)1-6(8(11)12)13-7(4)3-14/h1,8,14H,2-3H2. The molecule has 1 heterocycles. The number of rotatable bonds is 3. The quantitative estimate of drug-likeness (QED) is 0.802. The molecule has 0 radical (unpaired) electrons. The van der Waals surface area contributed by atoms with Gasteiger partial charge in [0.15, 0.2) is 0 Å². The van der Waals surface area contributed by atoms with Crippen molar-refractivity contribution in [2.75, 3.05) is 0 Å². The molecule has 0 aliphatic heterocycles. The first-order valence-corrected chi connectivity index (χ1v) is 4.26. The van der Waals surface area contributed by atoms with Crippen molar-refractivity contribution in [1.29, 1.82) is 0 Å². The molecule has 0 bridgehead atoms. The molecule has 0 saturated carbocycles. The largest absolute Gasteiger partial charge is 0.390 e. The fourth-order valence-corrected chi connectivity index (χ4v) is 1.28. The summed E-state index contributed by atoms with van der Waals surface area (Å²) < 4.78 is 37.4. The van der Waals surface area contributed by atoms with Crippen LogP contribution >= 0.6 is 11.6 Å². The van der Waals surface area contributed by atoms with E-state index in [-0.39, 0.29) is 17.1 Å². The fourth-order valence-electron chi connectivity index (χ4n) is 0.994. The summed E-state index contributed by atoms with van der Waals surface area (Å²) in [5.41, 5.74) is -0.880. The van der Waals surface area contributed by atoms with Crippen LogP contribution in [-0.4, -0.2) is 10.1 Å². The maximum Gasteiger partial charge on any atom is 0.280 e. The Kier molecular flexibility index (Phi) is 3.71. The second kappa shape index (κ2) is 4.61. The number of aromatic nitrogens is 1. The lowest BCUT2D eigenvalue weighted by Gasteiger charge is -2.07. The first-order valence-electron chi connectivity index (χ1n) is 3.73. The summed E-state index contributed by atoms with van der Waals surface area (Å²) in [6.07, 6.45) is -2.86. The van der Waals surface area contributed by atoms with E-state index in [4.69, 9.17) is 16.7 Å². The van der Waals surface area contributed by atoms with E-state index in [1.165, 1.54) is 0 Å². The highest BCUT2D eigenvalue weighted by molar-refractivity contribution is 6.17. The van der Waals surface area contributed by atoms with Crippen LogP contribution in [0.4, 0.5) is 13.2 Å². The Morgan fingerprint density at radius 1 is 1.50 bits per heavy atom. The molecule has 1 N–H and O–H groups in total. The molecule has 1 aromatic rings. The molecular formula is C8H7ClF3NO. The van der Waals surface area contributed by atoms with Gasteiger partial charge in [0.1, 0.15) is 11.5 Å². The van der Waals surface area contributed by atoms with Gasteiger partial charge in [0, 0.05) is 11.6 Å². The molecule has 0 unspecified atom stereocenters. The minimum atomic E-state index is -2.86. The Hall–Kier alpha value is -0.810.